The molecule has 0 spiro atoms. The third-order valence-corrected chi connectivity index (χ3v) is 3.54. The van der Waals surface area contributed by atoms with Crippen molar-refractivity contribution in [3.8, 4) is 0 Å². The normalized spacial score (nSPS) is 17.5. The molecule has 7 heteroatoms. The first-order chi connectivity index (χ1) is 11.1. The SMILES string of the molecule is CC1=C(C(=O)OCCOCCO)C(c2ccccc2)NC(=S)N1. The molecule has 0 aromatic heterocycles. The highest BCUT2D eigenvalue weighted by Gasteiger charge is 2.30. The Hall–Kier alpha value is -1.96. The average molecular weight is 336 g/mol. The Balaban J connectivity index is 2.10. The fraction of sp³-hybridized carbons (Fsp3) is 0.375. The van der Waals surface area contributed by atoms with Crippen LogP contribution in [0.25, 0.3) is 0 Å². The van der Waals surface area contributed by atoms with Crippen LogP contribution in [0.4, 0.5) is 0 Å². The van der Waals surface area contributed by atoms with Crippen molar-refractivity contribution < 1.29 is 19.4 Å². The molecule has 23 heavy (non-hydrogen) atoms. The van der Waals surface area contributed by atoms with E-state index in [2.05, 4.69) is 10.6 Å². The van der Waals surface area contributed by atoms with E-state index in [0.717, 1.165) is 5.56 Å². The number of nitrogens with one attached hydrogen (secondary N) is 2. The van der Waals surface area contributed by atoms with Gasteiger partial charge < -0.3 is 25.2 Å². The number of hydrogen-bond donors (Lipinski definition) is 3. The van der Waals surface area contributed by atoms with Gasteiger partial charge in [0, 0.05) is 5.70 Å². The van der Waals surface area contributed by atoms with Crippen molar-refractivity contribution in [2.24, 2.45) is 0 Å². The molecular formula is C16H20N2O4S. The van der Waals surface area contributed by atoms with Crippen molar-refractivity contribution >= 4 is 23.3 Å². The molecule has 1 aliphatic heterocycles. The first-order valence-electron chi connectivity index (χ1n) is 7.32. The van der Waals surface area contributed by atoms with Gasteiger partial charge in [0.15, 0.2) is 5.11 Å². The molecule has 0 saturated carbocycles. The van der Waals surface area contributed by atoms with Crippen LogP contribution < -0.4 is 10.6 Å². The van der Waals surface area contributed by atoms with E-state index in [1.54, 1.807) is 6.92 Å². The molecule has 0 aliphatic carbocycles. The van der Waals surface area contributed by atoms with Gasteiger partial charge in [0.1, 0.15) is 6.61 Å². The van der Waals surface area contributed by atoms with Gasteiger partial charge in [-0.05, 0) is 24.7 Å². The number of rotatable bonds is 7. The Morgan fingerprint density at radius 1 is 1.26 bits per heavy atom. The van der Waals surface area contributed by atoms with E-state index in [4.69, 9.17) is 26.8 Å². The van der Waals surface area contributed by atoms with Crippen molar-refractivity contribution in [2.75, 3.05) is 26.4 Å². The predicted octanol–water partition coefficient (Wildman–Crippen LogP) is 1.03. The van der Waals surface area contributed by atoms with Gasteiger partial charge in [-0.25, -0.2) is 4.79 Å². The zero-order valence-corrected chi connectivity index (χ0v) is 13.7. The van der Waals surface area contributed by atoms with Crippen molar-refractivity contribution in [3.05, 3.63) is 47.2 Å². The minimum absolute atomic E-state index is 0.0560. The number of carbonyl (C=O) groups is 1. The maximum absolute atomic E-state index is 12.4. The first kappa shape index (κ1) is 17.4. The highest BCUT2D eigenvalue weighted by molar-refractivity contribution is 7.80. The summed E-state index contributed by atoms with van der Waals surface area (Å²) in [6, 6.07) is 9.23. The highest BCUT2D eigenvalue weighted by atomic mass is 32.1. The predicted molar refractivity (Wildman–Crippen MR) is 89.6 cm³/mol. The van der Waals surface area contributed by atoms with Gasteiger partial charge in [0.25, 0.3) is 0 Å². The lowest BCUT2D eigenvalue weighted by atomic mass is 9.96. The largest absolute Gasteiger partial charge is 0.460 e. The quantitative estimate of drug-likeness (QED) is 0.390. The molecule has 6 nitrogen and oxygen atoms in total. The van der Waals surface area contributed by atoms with E-state index in [0.29, 0.717) is 16.4 Å². The Bertz CT molecular complexity index is 589. The van der Waals surface area contributed by atoms with Crippen LogP contribution in [0.5, 0.6) is 0 Å². The summed E-state index contributed by atoms with van der Waals surface area (Å²) < 4.78 is 10.3. The van der Waals surface area contributed by atoms with E-state index in [-0.39, 0.29) is 32.5 Å². The van der Waals surface area contributed by atoms with Crippen LogP contribution in [0, 0.1) is 0 Å². The summed E-state index contributed by atoms with van der Waals surface area (Å²) in [4.78, 5) is 12.4. The van der Waals surface area contributed by atoms with Gasteiger partial charge in [0.05, 0.1) is 31.4 Å². The van der Waals surface area contributed by atoms with Gasteiger partial charge in [-0.2, -0.15) is 0 Å². The monoisotopic (exact) mass is 336 g/mol. The van der Waals surface area contributed by atoms with Crippen LogP contribution in [0.3, 0.4) is 0 Å². The lowest BCUT2D eigenvalue weighted by Gasteiger charge is -2.29. The number of hydrogen-bond acceptors (Lipinski definition) is 5. The zero-order valence-electron chi connectivity index (χ0n) is 12.9. The Morgan fingerprint density at radius 3 is 2.70 bits per heavy atom. The molecule has 1 unspecified atom stereocenters. The van der Waals surface area contributed by atoms with E-state index in [9.17, 15) is 4.79 Å². The summed E-state index contributed by atoms with van der Waals surface area (Å²) in [7, 11) is 0. The standard InChI is InChI=1S/C16H20N2O4S/c1-11-13(15(20)22-10-9-21-8-7-19)14(18-16(23)17-11)12-5-3-2-4-6-12/h2-6,14,19H,7-10H2,1H3,(H2,17,18,23). The summed E-state index contributed by atoms with van der Waals surface area (Å²) in [6.07, 6.45) is 0. The molecule has 1 heterocycles. The van der Waals surface area contributed by atoms with E-state index in [1.165, 1.54) is 0 Å². The summed E-state index contributed by atoms with van der Waals surface area (Å²) in [5.41, 5.74) is 2.09. The minimum Gasteiger partial charge on any atom is -0.460 e. The van der Waals surface area contributed by atoms with Gasteiger partial charge in [-0.1, -0.05) is 30.3 Å². The first-order valence-corrected chi connectivity index (χ1v) is 7.73. The van der Waals surface area contributed by atoms with Crippen LogP contribution in [-0.4, -0.2) is 42.6 Å². The Kier molecular flexibility index (Phi) is 6.52. The maximum Gasteiger partial charge on any atom is 0.338 e. The molecule has 0 saturated heterocycles. The molecule has 0 fully saturated rings. The number of carbonyl (C=O) groups excluding carboxylic acids is 1. The molecule has 0 bridgehead atoms. The molecule has 2 rings (SSSR count). The van der Waals surface area contributed by atoms with Crippen LogP contribution >= 0.6 is 12.2 Å². The second kappa shape index (κ2) is 8.61. The molecule has 0 amide bonds. The third-order valence-electron chi connectivity index (χ3n) is 3.32. The van der Waals surface area contributed by atoms with Gasteiger partial charge in [-0.15, -0.1) is 0 Å². The molecule has 1 aromatic carbocycles. The van der Waals surface area contributed by atoms with Crippen molar-refractivity contribution in [3.63, 3.8) is 0 Å². The van der Waals surface area contributed by atoms with Crippen molar-refractivity contribution in [2.45, 2.75) is 13.0 Å². The Morgan fingerprint density at radius 2 is 2.00 bits per heavy atom. The van der Waals surface area contributed by atoms with Crippen molar-refractivity contribution in [1.82, 2.24) is 10.6 Å². The number of aliphatic hydroxyl groups is 1. The summed E-state index contributed by atoms with van der Waals surface area (Å²) in [5, 5.41) is 15.2. The number of esters is 1. The number of allylic oxidation sites excluding steroid dienone is 1. The van der Waals surface area contributed by atoms with Crippen LogP contribution in [0.2, 0.25) is 0 Å². The molecular weight excluding hydrogens is 316 g/mol. The Labute approximate surface area is 140 Å². The van der Waals surface area contributed by atoms with Gasteiger partial charge in [-0.3, -0.25) is 0 Å². The van der Waals surface area contributed by atoms with Crippen molar-refractivity contribution in [1.29, 1.82) is 0 Å². The highest BCUT2D eigenvalue weighted by Crippen LogP contribution is 2.27. The fourth-order valence-electron chi connectivity index (χ4n) is 2.30. The van der Waals surface area contributed by atoms with Crippen LogP contribution in [0.1, 0.15) is 18.5 Å². The maximum atomic E-state index is 12.4. The topological polar surface area (TPSA) is 79.8 Å². The summed E-state index contributed by atoms with van der Waals surface area (Å²) in [5.74, 6) is -0.425. The lowest BCUT2D eigenvalue weighted by molar-refractivity contribution is -0.141. The molecule has 0 radical (unpaired) electrons. The summed E-state index contributed by atoms with van der Waals surface area (Å²) >= 11 is 5.18. The number of thiocarbonyl (C=S) groups is 1. The van der Waals surface area contributed by atoms with Crippen LogP contribution in [-0.2, 0) is 14.3 Å². The molecule has 124 valence electrons. The van der Waals surface area contributed by atoms with E-state index < -0.39 is 5.97 Å². The van der Waals surface area contributed by atoms with Gasteiger partial charge >= 0.3 is 5.97 Å². The zero-order chi connectivity index (χ0) is 16.7. The number of aliphatic hydroxyl groups excluding tert-OH is 1. The van der Waals surface area contributed by atoms with Crippen LogP contribution in [0.15, 0.2) is 41.6 Å². The smallest absolute Gasteiger partial charge is 0.338 e. The molecule has 1 aromatic rings. The van der Waals surface area contributed by atoms with E-state index >= 15 is 0 Å². The number of benzene rings is 1. The molecule has 1 aliphatic rings. The fourth-order valence-corrected chi connectivity index (χ4v) is 2.57. The third kappa shape index (κ3) is 4.75. The average Bonchev–Trinajstić information content (AvgIpc) is 2.54. The second-order valence-corrected chi connectivity index (χ2v) is 5.36. The minimum atomic E-state index is -0.425. The summed E-state index contributed by atoms with van der Waals surface area (Å²) in [6.45, 7) is 2.33. The van der Waals surface area contributed by atoms with E-state index in [1.807, 2.05) is 30.3 Å². The second-order valence-electron chi connectivity index (χ2n) is 4.95. The lowest BCUT2D eigenvalue weighted by Crippen LogP contribution is -2.45. The molecule has 3 N–H and O–H groups in total. The molecule has 1 atom stereocenters. The van der Waals surface area contributed by atoms with Gasteiger partial charge in [0.2, 0.25) is 0 Å². The number of ether oxygens (including phenoxy) is 2.